The molecule has 0 aromatic heterocycles. The first kappa shape index (κ1) is 13.4. The molecule has 1 atom stereocenters. The molecule has 0 bridgehead atoms. The highest BCUT2D eigenvalue weighted by atomic mass is 19.2. The van der Waals surface area contributed by atoms with Crippen molar-refractivity contribution in [3.63, 3.8) is 0 Å². The lowest BCUT2D eigenvalue weighted by atomic mass is 9.87. The van der Waals surface area contributed by atoms with Crippen molar-refractivity contribution in [2.75, 3.05) is 0 Å². The zero-order chi connectivity index (χ0) is 13.0. The molecular formula is C14H20F2N2. The van der Waals surface area contributed by atoms with E-state index in [0.29, 0.717) is 5.92 Å². The van der Waals surface area contributed by atoms with Crippen LogP contribution in [0.2, 0.25) is 0 Å². The smallest absolute Gasteiger partial charge is 0.159 e. The Bertz CT molecular complexity index is 387. The number of halogens is 2. The monoisotopic (exact) mass is 254 g/mol. The lowest BCUT2D eigenvalue weighted by Gasteiger charge is -2.26. The fourth-order valence-electron chi connectivity index (χ4n) is 2.85. The van der Waals surface area contributed by atoms with Crippen molar-refractivity contribution in [2.45, 2.75) is 44.6 Å². The van der Waals surface area contributed by atoms with Gasteiger partial charge in [0.1, 0.15) is 0 Å². The van der Waals surface area contributed by atoms with Crippen LogP contribution in [0.25, 0.3) is 0 Å². The van der Waals surface area contributed by atoms with Gasteiger partial charge in [0.05, 0.1) is 0 Å². The molecule has 0 radical (unpaired) electrons. The van der Waals surface area contributed by atoms with Gasteiger partial charge in [0.15, 0.2) is 11.6 Å². The van der Waals surface area contributed by atoms with E-state index in [1.165, 1.54) is 37.8 Å². The highest BCUT2D eigenvalue weighted by Crippen LogP contribution is 2.33. The fraction of sp³-hybridized carbons (Fsp3) is 0.571. The minimum atomic E-state index is -0.810. The molecule has 4 heteroatoms. The van der Waals surface area contributed by atoms with E-state index in [1.807, 2.05) is 0 Å². The van der Waals surface area contributed by atoms with Crippen LogP contribution in [0.15, 0.2) is 18.2 Å². The molecule has 0 aliphatic heterocycles. The van der Waals surface area contributed by atoms with Crippen LogP contribution < -0.4 is 11.3 Å². The number of benzene rings is 1. The Morgan fingerprint density at radius 1 is 1.06 bits per heavy atom. The Hall–Kier alpha value is -1.00. The van der Waals surface area contributed by atoms with Crippen molar-refractivity contribution in [2.24, 2.45) is 11.8 Å². The van der Waals surface area contributed by atoms with Crippen molar-refractivity contribution in [3.05, 3.63) is 35.4 Å². The molecule has 2 nitrogen and oxygen atoms in total. The minimum Gasteiger partial charge on any atom is -0.271 e. The van der Waals surface area contributed by atoms with E-state index in [1.54, 1.807) is 6.07 Å². The lowest BCUT2D eigenvalue weighted by molar-refractivity contribution is 0.327. The maximum atomic E-state index is 13.3. The van der Waals surface area contributed by atoms with Crippen LogP contribution in [0.4, 0.5) is 8.78 Å². The first-order valence-electron chi connectivity index (χ1n) is 6.63. The van der Waals surface area contributed by atoms with E-state index >= 15 is 0 Å². The second-order valence-corrected chi connectivity index (χ2v) is 5.07. The van der Waals surface area contributed by atoms with Crippen molar-refractivity contribution < 1.29 is 8.78 Å². The summed E-state index contributed by atoms with van der Waals surface area (Å²) in [5.74, 6) is 4.40. The molecule has 2 rings (SSSR count). The average molecular weight is 254 g/mol. The largest absolute Gasteiger partial charge is 0.271 e. The molecule has 100 valence electrons. The van der Waals surface area contributed by atoms with Gasteiger partial charge in [-0.15, -0.1) is 0 Å². The van der Waals surface area contributed by atoms with Gasteiger partial charge in [0.2, 0.25) is 0 Å². The standard InChI is InChI=1S/C14H20F2N2/c15-12-8-7-11(9-13(12)16)14(18-17)10-5-3-1-2-4-6-10/h7-10,14,18H,1-6,17H2. The van der Waals surface area contributed by atoms with Gasteiger partial charge in [0, 0.05) is 6.04 Å². The van der Waals surface area contributed by atoms with Gasteiger partial charge in [-0.3, -0.25) is 11.3 Å². The van der Waals surface area contributed by atoms with Crippen LogP contribution in [0, 0.1) is 17.6 Å². The van der Waals surface area contributed by atoms with E-state index in [2.05, 4.69) is 5.43 Å². The van der Waals surface area contributed by atoms with Crippen molar-refractivity contribution in [1.29, 1.82) is 0 Å². The summed E-state index contributed by atoms with van der Waals surface area (Å²) >= 11 is 0. The van der Waals surface area contributed by atoms with Crippen LogP contribution in [0.1, 0.15) is 50.1 Å². The summed E-state index contributed by atoms with van der Waals surface area (Å²) in [5.41, 5.74) is 3.51. The van der Waals surface area contributed by atoms with Gasteiger partial charge in [-0.1, -0.05) is 31.7 Å². The second kappa shape index (κ2) is 6.25. The van der Waals surface area contributed by atoms with E-state index in [-0.39, 0.29) is 6.04 Å². The van der Waals surface area contributed by atoms with Crippen LogP contribution in [0.3, 0.4) is 0 Å². The molecule has 1 unspecified atom stereocenters. The highest BCUT2D eigenvalue weighted by molar-refractivity contribution is 5.22. The van der Waals surface area contributed by atoms with Gasteiger partial charge < -0.3 is 0 Å². The molecule has 18 heavy (non-hydrogen) atoms. The summed E-state index contributed by atoms with van der Waals surface area (Å²) in [7, 11) is 0. The molecular weight excluding hydrogens is 234 g/mol. The van der Waals surface area contributed by atoms with E-state index < -0.39 is 11.6 Å². The molecule has 0 saturated heterocycles. The van der Waals surface area contributed by atoms with E-state index in [9.17, 15) is 8.78 Å². The summed E-state index contributed by atoms with van der Waals surface area (Å²) in [6.45, 7) is 0. The van der Waals surface area contributed by atoms with E-state index in [0.717, 1.165) is 18.4 Å². The quantitative estimate of drug-likeness (QED) is 0.492. The molecule has 1 fully saturated rings. The summed E-state index contributed by atoms with van der Waals surface area (Å²) in [5, 5.41) is 0. The summed E-state index contributed by atoms with van der Waals surface area (Å²) in [6.07, 6.45) is 7.07. The van der Waals surface area contributed by atoms with Gasteiger partial charge in [-0.2, -0.15) is 0 Å². The third-order valence-electron chi connectivity index (χ3n) is 3.85. The van der Waals surface area contributed by atoms with Crippen molar-refractivity contribution in [1.82, 2.24) is 5.43 Å². The van der Waals surface area contributed by atoms with Crippen LogP contribution >= 0.6 is 0 Å². The summed E-state index contributed by atoms with van der Waals surface area (Å²) in [4.78, 5) is 0. The van der Waals surface area contributed by atoms with Crippen molar-refractivity contribution >= 4 is 0 Å². The molecule has 1 aromatic rings. The zero-order valence-corrected chi connectivity index (χ0v) is 10.5. The number of nitrogens with one attached hydrogen (secondary N) is 1. The summed E-state index contributed by atoms with van der Waals surface area (Å²) < 4.78 is 26.2. The number of rotatable bonds is 3. The van der Waals surface area contributed by atoms with Gasteiger partial charge in [0.25, 0.3) is 0 Å². The lowest BCUT2D eigenvalue weighted by Crippen LogP contribution is -2.33. The SMILES string of the molecule is NNC(c1ccc(F)c(F)c1)C1CCCCCC1. The molecule has 1 aliphatic carbocycles. The van der Waals surface area contributed by atoms with Gasteiger partial charge in [-0.05, 0) is 36.5 Å². The Labute approximate surface area is 107 Å². The number of hydrogen-bond acceptors (Lipinski definition) is 2. The molecule has 0 spiro atoms. The molecule has 1 aliphatic rings. The third kappa shape index (κ3) is 3.06. The second-order valence-electron chi connectivity index (χ2n) is 5.07. The van der Waals surface area contributed by atoms with E-state index in [4.69, 9.17) is 5.84 Å². The zero-order valence-electron chi connectivity index (χ0n) is 10.5. The summed E-state index contributed by atoms with van der Waals surface area (Å²) in [6, 6.07) is 3.96. The molecule has 1 aromatic carbocycles. The van der Waals surface area contributed by atoms with Crippen LogP contribution in [-0.2, 0) is 0 Å². The normalized spacial score (nSPS) is 19.5. The number of hydrogen-bond donors (Lipinski definition) is 2. The van der Waals surface area contributed by atoms with Crippen LogP contribution in [-0.4, -0.2) is 0 Å². The Kier molecular flexibility index (Phi) is 4.66. The number of nitrogens with two attached hydrogens (primary N) is 1. The maximum Gasteiger partial charge on any atom is 0.159 e. The fourth-order valence-corrected chi connectivity index (χ4v) is 2.85. The van der Waals surface area contributed by atoms with Gasteiger partial charge in [-0.25, -0.2) is 8.78 Å². The molecule has 1 saturated carbocycles. The molecule has 0 amide bonds. The predicted octanol–water partition coefficient (Wildman–Crippen LogP) is 3.44. The van der Waals surface area contributed by atoms with Gasteiger partial charge >= 0.3 is 0 Å². The molecule has 3 N–H and O–H groups in total. The highest BCUT2D eigenvalue weighted by Gasteiger charge is 2.23. The minimum absolute atomic E-state index is 0.0850. The average Bonchev–Trinajstić information content (AvgIpc) is 2.64. The van der Waals surface area contributed by atoms with Crippen LogP contribution in [0.5, 0.6) is 0 Å². The molecule has 0 heterocycles. The first-order valence-corrected chi connectivity index (χ1v) is 6.63. The maximum absolute atomic E-state index is 13.3. The predicted molar refractivity (Wildman–Crippen MR) is 67.6 cm³/mol. The topological polar surface area (TPSA) is 38.0 Å². The Morgan fingerprint density at radius 3 is 2.28 bits per heavy atom. The first-order chi connectivity index (χ1) is 8.72. The Morgan fingerprint density at radius 2 is 1.72 bits per heavy atom. The van der Waals surface area contributed by atoms with Crippen molar-refractivity contribution in [3.8, 4) is 0 Å². The third-order valence-corrected chi connectivity index (χ3v) is 3.85. The number of hydrazine groups is 1. The Balaban J connectivity index is 2.17.